The zero-order valence-electron chi connectivity index (χ0n) is 15.6. The number of hydrogen-bond acceptors (Lipinski definition) is 4. The molecular weight excluding hydrogens is 424 g/mol. The van der Waals surface area contributed by atoms with Gasteiger partial charge in [-0.05, 0) is 50.1 Å². The van der Waals surface area contributed by atoms with Crippen LogP contribution in [-0.2, 0) is 4.79 Å². The molecule has 1 unspecified atom stereocenters. The Morgan fingerprint density at radius 3 is 2.50 bits per heavy atom. The van der Waals surface area contributed by atoms with Crippen molar-refractivity contribution in [2.24, 2.45) is 0 Å². The third-order valence-electron chi connectivity index (χ3n) is 4.35. The summed E-state index contributed by atoms with van der Waals surface area (Å²) in [5.41, 5.74) is 3.66. The highest BCUT2D eigenvalue weighted by Gasteiger charge is 2.21. The van der Waals surface area contributed by atoms with Gasteiger partial charge in [-0.2, -0.15) is 5.10 Å². The summed E-state index contributed by atoms with van der Waals surface area (Å²) in [6.07, 6.45) is 2.09. The van der Waals surface area contributed by atoms with E-state index in [9.17, 15) is 9.59 Å². The predicted molar refractivity (Wildman–Crippen MR) is 108 cm³/mol. The molecular formula is C21H19BrN2O4. The average molecular weight is 443 g/mol. The Labute approximate surface area is 170 Å². The summed E-state index contributed by atoms with van der Waals surface area (Å²) in [7, 11) is 0. The molecule has 28 heavy (non-hydrogen) atoms. The van der Waals surface area contributed by atoms with Gasteiger partial charge >= 0.3 is 5.97 Å². The number of carboxylic acids is 1. The third kappa shape index (κ3) is 3.99. The lowest BCUT2D eigenvalue weighted by molar-refractivity contribution is -0.144. The first-order valence-electron chi connectivity index (χ1n) is 8.63. The number of benzene rings is 2. The van der Waals surface area contributed by atoms with Gasteiger partial charge in [0.05, 0.1) is 23.0 Å². The Balaban J connectivity index is 1.99. The van der Waals surface area contributed by atoms with Crippen LogP contribution in [0.15, 0.2) is 53.3 Å². The summed E-state index contributed by atoms with van der Waals surface area (Å²) in [4.78, 5) is 24.2. The van der Waals surface area contributed by atoms with Crippen LogP contribution in [0.1, 0.15) is 34.0 Å². The summed E-state index contributed by atoms with van der Waals surface area (Å²) in [5, 5.41) is 13.4. The number of carbonyl (C=O) groups is 2. The first-order chi connectivity index (χ1) is 13.3. The van der Waals surface area contributed by atoms with E-state index in [1.54, 1.807) is 29.1 Å². The summed E-state index contributed by atoms with van der Waals surface area (Å²) in [6.45, 7) is 5.38. The van der Waals surface area contributed by atoms with Gasteiger partial charge in [-0.3, -0.25) is 4.79 Å². The van der Waals surface area contributed by atoms with Crippen LogP contribution in [0.2, 0.25) is 0 Å². The molecule has 0 aliphatic rings. The first kappa shape index (κ1) is 19.8. The molecule has 144 valence electrons. The molecule has 1 aromatic heterocycles. The Bertz CT molecular complexity index is 1040. The van der Waals surface area contributed by atoms with Crippen LogP contribution < -0.4 is 4.74 Å². The van der Waals surface area contributed by atoms with E-state index in [0.717, 1.165) is 16.8 Å². The van der Waals surface area contributed by atoms with Crippen LogP contribution in [0.25, 0.3) is 5.69 Å². The minimum absolute atomic E-state index is 0.211. The number of hydrogen-bond donors (Lipinski definition) is 1. The van der Waals surface area contributed by atoms with Gasteiger partial charge in [0.25, 0.3) is 0 Å². The van der Waals surface area contributed by atoms with Crippen molar-refractivity contribution in [1.82, 2.24) is 9.78 Å². The van der Waals surface area contributed by atoms with E-state index in [-0.39, 0.29) is 17.1 Å². The van der Waals surface area contributed by atoms with Gasteiger partial charge in [0.1, 0.15) is 5.75 Å². The number of aryl methyl sites for hydroxylation is 2. The number of halogens is 1. The molecule has 0 saturated carbocycles. The fourth-order valence-electron chi connectivity index (χ4n) is 2.91. The lowest BCUT2D eigenvalue weighted by atomic mass is 10.1. The van der Waals surface area contributed by atoms with E-state index in [4.69, 9.17) is 9.84 Å². The second kappa shape index (κ2) is 7.98. The molecule has 1 N–H and O–H groups in total. The van der Waals surface area contributed by atoms with Gasteiger partial charge in [0, 0.05) is 10.7 Å². The Morgan fingerprint density at radius 1 is 1.18 bits per heavy atom. The fourth-order valence-corrected chi connectivity index (χ4v) is 3.27. The number of rotatable bonds is 6. The molecule has 7 heteroatoms. The Kier molecular flexibility index (Phi) is 5.65. The van der Waals surface area contributed by atoms with Crippen molar-refractivity contribution in [2.45, 2.75) is 26.9 Å². The summed E-state index contributed by atoms with van der Waals surface area (Å²) >= 11 is 3.35. The third-order valence-corrected chi connectivity index (χ3v) is 4.84. The largest absolute Gasteiger partial charge is 0.479 e. The number of ether oxygens (including phenoxy) is 1. The minimum Gasteiger partial charge on any atom is -0.479 e. The van der Waals surface area contributed by atoms with Gasteiger partial charge in [-0.1, -0.05) is 34.1 Å². The number of para-hydroxylation sites is 1. The number of carbonyl (C=O) groups excluding carboxylic acids is 1. The monoisotopic (exact) mass is 442 g/mol. The van der Waals surface area contributed by atoms with Crippen molar-refractivity contribution in [2.75, 3.05) is 0 Å². The predicted octanol–water partition coefficient (Wildman–Crippen LogP) is 4.33. The van der Waals surface area contributed by atoms with Crippen molar-refractivity contribution in [3.63, 3.8) is 0 Å². The molecule has 0 saturated heterocycles. The second-order valence-electron chi connectivity index (χ2n) is 6.48. The van der Waals surface area contributed by atoms with E-state index in [2.05, 4.69) is 21.0 Å². The number of aromatic nitrogens is 2. The van der Waals surface area contributed by atoms with Crippen molar-refractivity contribution in [3.05, 3.63) is 75.5 Å². The van der Waals surface area contributed by atoms with Crippen LogP contribution in [0.5, 0.6) is 5.75 Å². The van der Waals surface area contributed by atoms with Crippen LogP contribution in [0.4, 0.5) is 0 Å². The minimum atomic E-state index is -1.11. The van der Waals surface area contributed by atoms with Crippen LogP contribution >= 0.6 is 15.9 Å². The fraction of sp³-hybridized carbons (Fsp3) is 0.190. The lowest BCUT2D eigenvalue weighted by Gasteiger charge is -2.14. The second-order valence-corrected chi connectivity index (χ2v) is 7.40. The Hall–Kier alpha value is -2.93. The molecule has 0 aliphatic heterocycles. The highest BCUT2D eigenvalue weighted by molar-refractivity contribution is 9.10. The molecule has 1 atom stereocenters. The quantitative estimate of drug-likeness (QED) is 0.574. The molecule has 2 aromatic carbocycles. The Morgan fingerprint density at radius 2 is 1.86 bits per heavy atom. The van der Waals surface area contributed by atoms with E-state index < -0.39 is 12.1 Å². The van der Waals surface area contributed by atoms with Gasteiger partial charge in [-0.25, -0.2) is 9.48 Å². The SMILES string of the molecule is Cc1cccc(C)c1-n1cc(C(=O)c2cc(Br)ccc2OC(C)C(=O)O)cn1. The number of aliphatic carboxylic acids is 1. The maximum atomic E-state index is 13.1. The number of carboxylic acid groups (broad SMARTS) is 1. The molecule has 0 amide bonds. The molecule has 0 bridgehead atoms. The smallest absolute Gasteiger partial charge is 0.344 e. The molecule has 0 aliphatic carbocycles. The zero-order valence-corrected chi connectivity index (χ0v) is 17.2. The highest BCUT2D eigenvalue weighted by Crippen LogP contribution is 2.27. The number of nitrogens with zero attached hydrogens (tertiary/aromatic N) is 2. The average Bonchev–Trinajstić information content (AvgIpc) is 3.12. The molecule has 3 rings (SSSR count). The molecule has 3 aromatic rings. The van der Waals surface area contributed by atoms with E-state index >= 15 is 0 Å². The molecule has 6 nitrogen and oxygen atoms in total. The van der Waals surface area contributed by atoms with Crippen molar-refractivity contribution < 1.29 is 19.4 Å². The van der Waals surface area contributed by atoms with Crippen LogP contribution in [0.3, 0.4) is 0 Å². The van der Waals surface area contributed by atoms with Crippen LogP contribution in [-0.4, -0.2) is 32.7 Å². The van der Waals surface area contributed by atoms with E-state index in [0.29, 0.717) is 10.0 Å². The van der Waals surface area contributed by atoms with E-state index in [1.165, 1.54) is 13.1 Å². The van der Waals surface area contributed by atoms with Crippen molar-refractivity contribution >= 4 is 27.7 Å². The summed E-state index contributed by atoms with van der Waals surface area (Å²) in [6, 6.07) is 10.8. The summed E-state index contributed by atoms with van der Waals surface area (Å²) in [5.74, 6) is -1.20. The first-order valence-corrected chi connectivity index (χ1v) is 9.42. The maximum Gasteiger partial charge on any atom is 0.344 e. The standard InChI is InChI=1S/C21H19BrN2O4/c1-12-5-4-6-13(2)19(12)24-11-15(10-23-24)20(25)17-9-16(22)7-8-18(17)28-14(3)21(26)27/h4-11,14H,1-3H3,(H,26,27). The van der Waals surface area contributed by atoms with Gasteiger partial charge in [0.15, 0.2) is 11.9 Å². The zero-order chi connectivity index (χ0) is 20.4. The maximum absolute atomic E-state index is 13.1. The molecule has 1 heterocycles. The van der Waals surface area contributed by atoms with Crippen molar-refractivity contribution in [1.29, 1.82) is 0 Å². The van der Waals surface area contributed by atoms with E-state index in [1.807, 2.05) is 32.0 Å². The highest BCUT2D eigenvalue weighted by atomic mass is 79.9. The lowest BCUT2D eigenvalue weighted by Crippen LogP contribution is -2.23. The normalized spacial score (nSPS) is 11.9. The topological polar surface area (TPSA) is 81.4 Å². The summed E-state index contributed by atoms with van der Waals surface area (Å²) < 4.78 is 7.83. The number of ketones is 1. The molecule has 0 spiro atoms. The van der Waals surface area contributed by atoms with Gasteiger partial charge in [0.2, 0.25) is 0 Å². The van der Waals surface area contributed by atoms with Crippen molar-refractivity contribution in [3.8, 4) is 11.4 Å². The van der Waals surface area contributed by atoms with Gasteiger partial charge < -0.3 is 9.84 Å². The van der Waals surface area contributed by atoms with Crippen LogP contribution in [0, 0.1) is 13.8 Å². The molecule has 0 fully saturated rings. The molecule has 0 radical (unpaired) electrons. The van der Waals surface area contributed by atoms with Gasteiger partial charge in [-0.15, -0.1) is 0 Å².